The Bertz CT molecular complexity index is 366. The van der Waals surface area contributed by atoms with Crippen LogP contribution in [0.15, 0.2) is 12.1 Å². The number of hydrogen-bond donors (Lipinski definition) is 0. The van der Waals surface area contributed by atoms with E-state index in [1.54, 1.807) is 0 Å². The van der Waals surface area contributed by atoms with Gasteiger partial charge in [-0.05, 0) is 30.0 Å². The van der Waals surface area contributed by atoms with Gasteiger partial charge in [0.2, 0.25) is 0 Å². The minimum Gasteiger partial charge on any atom is -0.204 e. The lowest BCUT2D eigenvalue weighted by molar-refractivity contribution is 0.495. The molecule has 0 N–H and O–H groups in total. The van der Waals surface area contributed by atoms with Crippen molar-refractivity contribution in [3.63, 3.8) is 0 Å². The van der Waals surface area contributed by atoms with Crippen molar-refractivity contribution in [2.45, 2.75) is 32.1 Å². The third kappa shape index (κ3) is 3.33. The molecule has 0 saturated heterocycles. The molecule has 0 aliphatic carbocycles. The van der Waals surface area contributed by atoms with Gasteiger partial charge in [-0.2, -0.15) is 0 Å². The van der Waals surface area contributed by atoms with Crippen molar-refractivity contribution in [1.29, 1.82) is 0 Å². The highest BCUT2D eigenvalue weighted by molar-refractivity contribution is 6.32. The van der Waals surface area contributed by atoms with Gasteiger partial charge in [0, 0.05) is 5.02 Å². The predicted octanol–water partition coefficient (Wildman–Crippen LogP) is 5.33. The molecule has 0 nitrogen and oxygen atoms in total. The van der Waals surface area contributed by atoms with Gasteiger partial charge in [0.15, 0.2) is 11.6 Å². The standard InChI is InChI=1S/C12H14Cl2F2/c1-3-7(2)4-9(13)8-5-11(15)12(16)6-10(8)14/h5-7,9H,3-4H2,1-2H3. The van der Waals surface area contributed by atoms with Gasteiger partial charge in [-0.1, -0.05) is 31.9 Å². The molecule has 0 fully saturated rings. The van der Waals surface area contributed by atoms with Crippen LogP contribution in [-0.4, -0.2) is 0 Å². The first-order chi connectivity index (χ1) is 7.45. The summed E-state index contributed by atoms with van der Waals surface area (Å²) in [5.74, 6) is -1.43. The Balaban J connectivity index is 2.91. The molecule has 0 amide bonds. The fourth-order valence-electron chi connectivity index (χ4n) is 1.42. The topological polar surface area (TPSA) is 0 Å². The van der Waals surface area contributed by atoms with Crippen LogP contribution in [0.25, 0.3) is 0 Å². The first-order valence-electron chi connectivity index (χ1n) is 5.24. The van der Waals surface area contributed by atoms with Gasteiger partial charge in [0.25, 0.3) is 0 Å². The lowest BCUT2D eigenvalue weighted by Gasteiger charge is -2.15. The van der Waals surface area contributed by atoms with Gasteiger partial charge in [0.05, 0.1) is 5.38 Å². The molecule has 2 atom stereocenters. The number of benzene rings is 1. The summed E-state index contributed by atoms with van der Waals surface area (Å²) in [6.07, 6.45) is 1.69. The third-order valence-electron chi connectivity index (χ3n) is 2.68. The van der Waals surface area contributed by atoms with Crippen LogP contribution in [0.5, 0.6) is 0 Å². The first kappa shape index (κ1) is 13.7. The van der Waals surface area contributed by atoms with E-state index in [-0.39, 0.29) is 10.4 Å². The van der Waals surface area contributed by atoms with Gasteiger partial charge < -0.3 is 0 Å². The third-order valence-corrected chi connectivity index (χ3v) is 3.42. The molecular weight excluding hydrogens is 253 g/mol. The Labute approximate surface area is 105 Å². The Kier molecular flexibility index (Phi) is 5.00. The highest BCUT2D eigenvalue weighted by Gasteiger charge is 2.17. The van der Waals surface area contributed by atoms with E-state index in [4.69, 9.17) is 23.2 Å². The van der Waals surface area contributed by atoms with Crippen molar-refractivity contribution in [3.8, 4) is 0 Å². The van der Waals surface area contributed by atoms with Crippen LogP contribution in [0.4, 0.5) is 8.78 Å². The molecule has 0 aliphatic rings. The molecule has 0 spiro atoms. The average molecular weight is 267 g/mol. The monoisotopic (exact) mass is 266 g/mol. The van der Waals surface area contributed by atoms with E-state index in [2.05, 4.69) is 13.8 Å². The summed E-state index contributed by atoms with van der Waals surface area (Å²) in [5, 5.41) is -0.195. The van der Waals surface area contributed by atoms with E-state index < -0.39 is 11.6 Å². The quantitative estimate of drug-likeness (QED) is 0.510. The van der Waals surface area contributed by atoms with E-state index >= 15 is 0 Å². The fraction of sp³-hybridized carbons (Fsp3) is 0.500. The lowest BCUT2D eigenvalue weighted by Crippen LogP contribution is -2.01. The van der Waals surface area contributed by atoms with Crippen LogP contribution < -0.4 is 0 Å². The molecule has 0 saturated carbocycles. The predicted molar refractivity (Wildman–Crippen MR) is 64.0 cm³/mol. The maximum Gasteiger partial charge on any atom is 0.160 e. The lowest BCUT2D eigenvalue weighted by atomic mass is 9.98. The molecule has 0 heterocycles. The van der Waals surface area contributed by atoms with Crippen LogP contribution in [0.2, 0.25) is 5.02 Å². The van der Waals surface area contributed by atoms with Crippen LogP contribution in [0, 0.1) is 17.6 Å². The Hall–Kier alpha value is -0.340. The second-order valence-corrected chi connectivity index (χ2v) is 4.94. The molecular formula is C12H14Cl2F2. The Morgan fingerprint density at radius 3 is 2.38 bits per heavy atom. The van der Waals surface area contributed by atoms with Crippen molar-refractivity contribution >= 4 is 23.2 Å². The van der Waals surface area contributed by atoms with Crippen LogP contribution in [0.3, 0.4) is 0 Å². The van der Waals surface area contributed by atoms with Crippen LogP contribution in [-0.2, 0) is 0 Å². The number of hydrogen-bond acceptors (Lipinski definition) is 0. The maximum absolute atomic E-state index is 13.0. The van der Waals surface area contributed by atoms with Crippen LogP contribution in [0.1, 0.15) is 37.6 Å². The molecule has 0 aliphatic heterocycles. The van der Waals surface area contributed by atoms with E-state index in [9.17, 15) is 8.78 Å². The summed E-state index contributed by atoms with van der Waals surface area (Å²) in [4.78, 5) is 0. The fourth-order valence-corrected chi connectivity index (χ4v) is 2.25. The largest absolute Gasteiger partial charge is 0.204 e. The molecule has 2 unspecified atom stereocenters. The minimum atomic E-state index is -0.943. The zero-order valence-electron chi connectivity index (χ0n) is 9.24. The van der Waals surface area contributed by atoms with Gasteiger partial charge >= 0.3 is 0 Å². The molecule has 1 rings (SSSR count). The van der Waals surface area contributed by atoms with Gasteiger partial charge in [0.1, 0.15) is 0 Å². The highest BCUT2D eigenvalue weighted by Crippen LogP contribution is 2.34. The summed E-state index contributed by atoms with van der Waals surface area (Å²) in [7, 11) is 0. The minimum absolute atomic E-state index is 0.183. The second-order valence-electron chi connectivity index (χ2n) is 4.00. The van der Waals surface area contributed by atoms with Gasteiger partial charge in [-0.25, -0.2) is 8.78 Å². The highest BCUT2D eigenvalue weighted by atomic mass is 35.5. The average Bonchev–Trinajstić information content (AvgIpc) is 2.23. The van der Waals surface area contributed by atoms with Gasteiger partial charge in [-0.3, -0.25) is 0 Å². The molecule has 90 valence electrons. The Morgan fingerprint density at radius 2 is 1.81 bits per heavy atom. The van der Waals surface area contributed by atoms with E-state index in [1.807, 2.05) is 0 Å². The molecule has 16 heavy (non-hydrogen) atoms. The van der Waals surface area contributed by atoms with Crippen molar-refractivity contribution in [2.24, 2.45) is 5.92 Å². The van der Waals surface area contributed by atoms with E-state index in [1.165, 1.54) is 0 Å². The maximum atomic E-state index is 13.0. The molecule has 0 radical (unpaired) electrons. The number of alkyl halides is 1. The summed E-state index contributed by atoms with van der Waals surface area (Å²) in [5.41, 5.74) is 0.461. The van der Waals surface area contributed by atoms with Crippen molar-refractivity contribution in [1.82, 2.24) is 0 Å². The van der Waals surface area contributed by atoms with E-state index in [0.717, 1.165) is 18.6 Å². The molecule has 0 bridgehead atoms. The molecule has 1 aromatic carbocycles. The number of rotatable bonds is 4. The Morgan fingerprint density at radius 1 is 1.25 bits per heavy atom. The van der Waals surface area contributed by atoms with Crippen molar-refractivity contribution < 1.29 is 8.78 Å². The van der Waals surface area contributed by atoms with Crippen molar-refractivity contribution in [2.75, 3.05) is 0 Å². The first-order valence-corrected chi connectivity index (χ1v) is 6.05. The van der Waals surface area contributed by atoms with E-state index in [0.29, 0.717) is 17.9 Å². The second kappa shape index (κ2) is 5.83. The smallest absolute Gasteiger partial charge is 0.160 e. The molecule has 4 heteroatoms. The summed E-state index contributed by atoms with van der Waals surface area (Å²) >= 11 is 12.0. The van der Waals surface area contributed by atoms with Crippen molar-refractivity contribution in [3.05, 3.63) is 34.4 Å². The zero-order valence-corrected chi connectivity index (χ0v) is 10.7. The summed E-state index contributed by atoms with van der Waals surface area (Å²) in [6, 6.07) is 2.05. The SMILES string of the molecule is CCC(C)CC(Cl)c1cc(F)c(F)cc1Cl. The normalized spacial score (nSPS) is 14.9. The molecule has 1 aromatic rings. The molecule has 0 aromatic heterocycles. The van der Waals surface area contributed by atoms with Crippen LogP contribution >= 0.6 is 23.2 Å². The van der Waals surface area contributed by atoms with Gasteiger partial charge in [-0.15, -0.1) is 11.6 Å². The summed E-state index contributed by atoms with van der Waals surface area (Å²) < 4.78 is 25.9. The summed E-state index contributed by atoms with van der Waals surface area (Å²) in [6.45, 7) is 4.12. The number of halogens is 4. The zero-order chi connectivity index (χ0) is 12.3.